The van der Waals surface area contributed by atoms with Gasteiger partial charge in [-0.1, -0.05) is 35.9 Å². The number of thiophene rings is 1. The van der Waals surface area contributed by atoms with Gasteiger partial charge < -0.3 is 10.1 Å². The number of hydrogen-bond donors (Lipinski definition) is 1. The summed E-state index contributed by atoms with van der Waals surface area (Å²) in [4.78, 5) is 13.2. The molecular weight excluding hydrogens is 430 g/mol. The molecule has 0 saturated heterocycles. The lowest BCUT2D eigenvalue weighted by Gasteiger charge is -2.08. The van der Waals surface area contributed by atoms with Crippen molar-refractivity contribution in [2.24, 2.45) is 0 Å². The van der Waals surface area contributed by atoms with Crippen molar-refractivity contribution in [1.82, 2.24) is 9.78 Å². The van der Waals surface area contributed by atoms with Crippen molar-refractivity contribution in [2.75, 3.05) is 5.32 Å². The highest BCUT2D eigenvalue weighted by Crippen LogP contribution is 2.24. The van der Waals surface area contributed by atoms with E-state index < -0.39 is 0 Å². The number of halogens is 1. The molecule has 0 aliphatic heterocycles. The first-order valence-corrected chi connectivity index (χ1v) is 11.1. The summed E-state index contributed by atoms with van der Waals surface area (Å²) >= 11 is 7.36. The molecule has 2 aromatic heterocycles. The van der Waals surface area contributed by atoms with E-state index in [0.29, 0.717) is 28.9 Å². The largest absolute Gasteiger partial charge is 0.489 e. The normalized spacial score (nSPS) is 10.8. The van der Waals surface area contributed by atoms with Gasteiger partial charge in [-0.3, -0.25) is 9.48 Å². The summed E-state index contributed by atoms with van der Waals surface area (Å²) in [5.74, 6) is 1.13. The van der Waals surface area contributed by atoms with Crippen LogP contribution in [0.5, 0.6) is 5.75 Å². The van der Waals surface area contributed by atoms with Gasteiger partial charge in [0.05, 0.1) is 11.4 Å². The molecule has 0 saturated carbocycles. The number of anilines is 1. The van der Waals surface area contributed by atoms with E-state index in [0.717, 1.165) is 16.9 Å². The highest BCUT2D eigenvalue weighted by molar-refractivity contribution is 7.12. The molecule has 2 aromatic carbocycles. The zero-order valence-electron chi connectivity index (χ0n) is 17.3. The maximum absolute atomic E-state index is 12.6. The first kappa shape index (κ1) is 21.2. The standard InChI is InChI=1S/C24H22ClN3O2S/c1-16-5-3-4-6-19(16)13-28-10-9-23(27-28)26-24(29)22-12-18(15-31-22)14-30-21-8-7-20(25)11-17(21)2/h3-12,15H,13-14H2,1-2H3,(H,26,27,29). The maximum atomic E-state index is 12.6. The smallest absolute Gasteiger partial charge is 0.266 e. The van der Waals surface area contributed by atoms with Crippen LogP contribution in [-0.4, -0.2) is 15.7 Å². The molecule has 0 bridgehead atoms. The lowest BCUT2D eigenvalue weighted by molar-refractivity contribution is 0.103. The minimum Gasteiger partial charge on any atom is -0.489 e. The topological polar surface area (TPSA) is 56.2 Å². The Balaban J connectivity index is 1.35. The Hall–Kier alpha value is -3.09. The predicted molar refractivity (Wildman–Crippen MR) is 125 cm³/mol. The summed E-state index contributed by atoms with van der Waals surface area (Å²) < 4.78 is 7.68. The number of amides is 1. The van der Waals surface area contributed by atoms with Crippen molar-refractivity contribution < 1.29 is 9.53 Å². The third-order valence-corrected chi connectivity index (χ3v) is 6.10. The summed E-state index contributed by atoms with van der Waals surface area (Å²) in [7, 11) is 0. The van der Waals surface area contributed by atoms with Gasteiger partial charge in [0.1, 0.15) is 12.4 Å². The lowest BCUT2D eigenvalue weighted by atomic mass is 10.1. The van der Waals surface area contributed by atoms with Crippen LogP contribution < -0.4 is 10.1 Å². The van der Waals surface area contributed by atoms with Crippen LogP contribution in [-0.2, 0) is 13.2 Å². The van der Waals surface area contributed by atoms with Crippen LogP contribution in [0.1, 0.15) is 31.9 Å². The Bertz CT molecular complexity index is 1220. The molecule has 0 spiro atoms. The molecule has 1 amide bonds. The van der Waals surface area contributed by atoms with Gasteiger partial charge in [0.15, 0.2) is 5.82 Å². The highest BCUT2D eigenvalue weighted by Gasteiger charge is 2.12. The van der Waals surface area contributed by atoms with E-state index in [4.69, 9.17) is 16.3 Å². The number of benzene rings is 2. The fourth-order valence-electron chi connectivity index (χ4n) is 3.16. The van der Waals surface area contributed by atoms with E-state index in [1.165, 1.54) is 22.5 Å². The Morgan fingerprint density at radius 3 is 2.77 bits per heavy atom. The Kier molecular flexibility index (Phi) is 6.39. The number of aryl methyl sites for hydroxylation is 2. The van der Waals surface area contributed by atoms with Crippen molar-refractivity contribution >= 4 is 34.7 Å². The van der Waals surface area contributed by atoms with Gasteiger partial charge in [-0.05, 0) is 60.2 Å². The second-order valence-corrected chi connectivity index (χ2v) is 8.64. The van der Waals surface area contributed by atoms with Crippen LogP contribution in [0.4, 0.5) is 5.82 Å². The minimum absolute atomic E-state index is 0.180. The number of nitrogens with zero attached hydrogens (tertiary/aromatic N) is 2. The van der Waals surface area contributed by atoms with E-state index in [1.54, 1.807) is 12.1 Å². The Morgan fingerprint density at radius 2 is 1.97 bits per heavy atom. The van der Waals surface area contributed by atoms with Crippen molar-refractivity contribution in [3.8, 4) is 5.75 Å². The lowest BCUT2D eigenvalue weighted by Crippen LogP contribution is -2.11. The molecule has 0 aliphatic rings. The fraction of sp³-hybridized carbons (Fsp3) is 0.167. The molecule has 4 rings (SSSR count). The third-order valence-electron chi connectivity index (χ3n) is 4.88. The Morgan fingerprint density at radius 1 is 1.13 bits per heavy atom. The molecule has 0 aliphatic carbocycles. The molecule has 2 heterocycles. The summed E-state index contributed by atoms with van der Waals surface area (Å²) in [5.41, 5.74) is 4.32. The average molecular weight is 452 g/mol. The number of carbonyl (C=O) groups is 1. The van der Waals surface area contributed by atoms with Gasteiger partial charge >= 0.3 is 0 Å². The van der Waals surface area contributed by atoms with Crippen molar-refractivity contribution in [2.45, 2.75) is 27.0 Å². The summed E-state index contributed by atoms with van der Waals surface area (Å²) in [6, 6.07) is 17.4. The molecule has 0 fully saturated rings. The second-order valence-electron chi connectivity index (χ2n) is 7.30. The van der Waals surface area contributed by atoms with Gasteiger partial charge in [0, 0.05) is 22.8 Å². The van der Waals surface area contributed by atoms with Crippen LogP contribution in [0.2, 0.25) is 5.02 Å². The quantitative estimate of drug-likeness (QED) is 0.369. The molecule has 5 nitrogen and oxygen atoms in total. The second kappa shape index (κ2) is 9.37. The van der Waals surface area contributed by atoms with E-state index in [-0.39, 0.29) is 5.91 Å². The fourth-order valence-corrected chi connectivity index (χ4v) is 4.18. The SMILES string of the molecule is Cc1ccccc1Cn1ccc(NC(=O)c2cc(COc3ccc(Cl)cc3C)cs2)n1. The summed E-state index contributed by atoms with van der Waals surface area (Å²) in [6.07, 6.45) is 1.87. The summed E-state index contributed by atoms with van der Waals surface area (Å²) in [6.45, 7) is 5.07. The van der Waals surface area contributed by atoms with Crippen LogP contribution in [0.3, 0.4) is 0 Å². The predicted octanol–water partition coefficient (Wildman–Crippen LogP) is 6.09. The van der Waals surface area contributed by atoms with Gasteiger partial charge in [0.2, 0.25) is 0 Å². The third kappa shape index (κ3) is 5.34. The van der Waals surface area contributed by atoms with E-state index in [1.807, 2.05) is 53.5 Å². The first-order valence-electron chi connectivity index (χ1n) is 9.83. The molecule has 0 radical (unpaired) electrons. The van der Waals surface area contributed by atoms with E-state index in [9.17, 15) is 4.79 Å². The zero-order chi connectivity index (χ0) is 21.8. The molecule has 4 aromatic rings. The first-order chi connectivity index (χ1) is 15.0. The van der Waals surface area contributed by atoms with Crippen LogP contribution in [0.25, 0.3) is 0 Å². The molecule has 31 heavy (non-hydrogen) atoms. The number of hydrogen-bond acceptors (Lipinski definition) is 4. The monoisotopic (exact) mass is 451 g/mol. The van der Waals surface area contributed by atoms with Gasteiger partial charge in [-0.2, -0.15) is 5.10 Å². The Labute approximate surface area is 190 Å². The van der Waals surface area contributed by atoms with Crippen molar-refractivity contribution in [1.29, 1.82) is 0 Å². The number of carbonyl (C=O) groups excluding carboxylic acids is 1. The van der Waals surface area contributed by atoms with Crippen LogP contribution >= 0.6 is 22.9 Å². The van der Waals surface area contributed by atoms with E-state index in [2.05, 4.69) is 29.5 Å². The van der Waals surface area contributed by atoms with Gasteiger partial charge in [0.25, 0.3) is 5.91 Å². The van der Waals surface area contributed by atoms with Gasteiger partial charge in [-0.15, -0.1) is 11.3 Å². The number of ether oxygens (including phenoxy) is 1. The molecule has 0 atom stereocenters. The van der Waals surface area contributed by atoms with Crippen molar-refractivity contribution in [3.05, 3.63) is 98.3 Å². The molecule has 0 unspecified atom stereocenters. The number of rotatable bonds is 7. The average Bonchev–Trinajstić information content (AvgIpc) is 3.39. The molecule has 158 valence electrons. The van der Waals surface area contributed by atoms with Crippen LogP contribution in [0, 0.1) is 13.8 Å². The van der Waals surface area contributed by atoms with E-state index >= 15 is 0 Å². The van der Waals surface area contributed by atoms with Crippen molar-refractivity contribution in [3.63, 3.8) is 0 Å². The minimum atomic E-state index is -0.180. The number of aromatic nitrogens is 2. The van der Waals surface area contributed by atoms with Crippen LogP contribution in [0.15, 0.2) is 66.2 Å². The summed E-state index contributed by atoms with van der Waals surface area (Å²) in [5, 5.41) is 9.94. The molecule has 7 heteroatoms. The molecule has 1 N–H and O–H groups in total. The highest BCUT2D eigenvalue weighted by atomic mass is 35.5. The van der Waals surface area contributed by atoms with Gasteiger partial charge in [-0.25, -0.2) is 0 Å². The number of nitrogens with one attached hydrogen (secondary N) is 1. The maximum Gasteiger partial charge on any atom is 0.266 e. The zero-order valence-corrected chi connectivity index (χ0v) is 18.8. The molecular formula is C24H22ClN3O2S.